The molecule has 7 nitrogen and oxygen atoms in total. The van der Waals surface area contributed by atoms with Gasteiger partial charge in [0, 0.05) is 0 Å². The smallest absolute Gasteiger partial charge is 0.324 e. The lowest BCUT2D eigenvalue weighted by atomic mass is 10.1. The molecule has 0 spiro atoms. The van der Waals surface area contributed by atoms with Crippen molar-refractivity contribution in [2.24, 2.45) is 0 Å². The molecule has 0 bridgehead atoms. The molecule has 0 aliphatic carbocycles. The molecule has 29 heavy (non-hydrogen) atoms. The summed E-state index contributed by atoms with van der Waals surface area (Å²) in [5.41, 5.74) is -0.751. The zero-order chi connectivity index (χ0) is 20.7. The summed E-state index contributed by atoms with van der Waals surface area (Å²) in [5.74, 6) is -2.95. The summed E-state index contributed by atoms with van der Waals surface area (Å²) in [7, 11) is 0. The van der Waals surface area contributed by atoms with Gasteiger partial charge in [0.05, 0.1) is 22.5 Å². The first-order valence-corrected chi connectivity index (χ1v) is 8.53. The van der Waals surface area contributed by atoms with Crippen LogP contribution in [0.4, 0.5) is 8.78 Å². The van der Waals surface area contributed by atoms with Crippen LogP contribution in [0.15, 0.2) is 54.6 Å². The SMILES string of the molecule is Cc1nn(-c2ccccc2)c(C(F)F)c1C(=O)ON1C(=O)c2ccccc2C1=O. The van der Waals surface area contributed by atoms with Gasteiger partial charge in [0.25, 0.3) is 18.2 Å². The van der Waals surface area contributed by atoms with E-state index in [1.165, 1.54) is 19.1 Å². The molecule has 1 aliphatic heterocycles. The van der Waals surface area contributed by atoms with E-state index in [0.717, 1.165) is 4.68 Å². The van der Waals surface area contributed by atoms with Crippen molar-refractivity contribution in [2.75, 3.05) is 0 Å². The maximum absolute atomic E-state index is 13.8. The minimum Gasteiger partial charge on any atom is -0.324 e. The van der Waals surface area contributed by atoms with E-state index in [1.54, 1.807) is 42.5 Å². The molecular weight excluding hydrogens is 384 g/mol. The summed E-state index contributed by atoms with van der Waals surface area (Å²) >= 11 is 0. The molecule has 146 valence electrons. The zero-order valence-electron chi connectivity index (χ0n) is 15.0. The van der Waals surface area contributed by atoms with Crippen LogP contribution >= 0.6 is 0 Å². The van der Waals surface area contributed by atoms with Crippen molar-refractivity contribution >= 4 is 17.8 Å². The summed E-state index contributed by atoms with van der Waals surface area (Å²) < 4.78 is 28.6. The Morgan fingerprint density at radius 2 is 1.52 bits per heavy atom. The predicted molar refractivity (Wildman–Crippen MR) is 95.6 cm³/mol. The van der Waals surface area contributed by atoms with Gasteiger partial charge in [0.15, 0.2) is 0 Å². The summed E-state index contributed by atoms with van der Waals surface area (Å²) in [5, 5.41) is 4.30. The molecule has 0 saturated heterocycles. The van der Waals surface area contributed by atoms with E-state index in [-0.39, 0.29) is 21.9 Å². The Kier molecular flexibility index (Phi) is 4.42. The number of para-hydroxylation sites is 1. The fourth-order valence-electron chi connectivity index (χ4n) is 3.14. The number of carbonyl (C=O) groups is 3. The molecule has 2 aromatic carbocycles. The zero-order valence-corrected chi connectivity index (χ0v) is 15.0. The van der Waals surface area contributed by atoms with E-state index in [9.17, 15) is 23.2 Å². The first-order valence-electron chi connectivity index (χ1n) is 8.53. The lowest BCUT2D eigenvalue weighted by Gasteiger charge is -2.13. The quantitative estimate of drug-likeness (QED) is 0.630. The van der Waals surface area contributed by atoms with E-state index in [2.05, 4.69) is 5.10 Å². The monoisotopic (exact) mass is 397 g/mol. The minimum absolute atomic E-state index is 0.0224. The van der Waals surface area contributed by atoms with Gasteiger partial charge in [0.2, 0.25) is 0 Å². The van der Waals surface area contributed by atoms with Gasteiger partial charge < -0.3 is 4.84 Å². The molecule has 0 unspecified atom stereocenters. The number of rotatable bonds is 4. The highest BCUT2D eigenvalue weighted by atomic mass is 19.3. The number of amides is 2. The topological polar surface area (TPSA) is 81.5 Å². The maximum Gasteiger partial charge on any atom is 0.367 e. The molecule has 4 rings (SSSR count). The number of hydroxylamine groups is 2. The van der Waals surface area contributed by atoms with Gasteiger partial charge >= 0.3 is 5.97 Å². The highest BCUT2D eigenvalue weighted by Gasteiger charge is 2.40. The molecule has 2 amide bonds. The van der Waals surface area contributed by atoms with Gasteiger partial charge in [-0.15, -0.1) is 0 Å². The molecule has 0 atom stereocenters. The Morgan fingerprint density at radius 3 is 2.07 bits per heavy atom. The van der Waals surface area contributed by atoms with Crippen LogP contribution < -0.4 is 0 Å². The molecule has 9 heteroatoms. The lowest BCUT2D eigenvalue weighted by molar-refractivity contribution is -0.0588. The van der Waals surface area contributed by atoms with Crippen molar-refractivity contribution in [2.45, 2.75) is 13.3 Å². The van der Waals surface area contributed by atoms with E-state index < -0.39 is 35.5 Å². The van der Waals surface area contributed by atoms with Crippen LogP contribution in [0.1, 0.15) is 48.9 Å². The first kappa shape index (κ1) is 18.5. The molecule has 1 aliphatic rings. The number of halogens is 2. The number of fused-ring (bicyclic) bond motifs is 1. The average molecular weight is 397 g/mol. The summed E-state index contributed by atoms with van der Waals surface area (Å²) in [6, 6.07) is 14.0. The molecule has 3 aromatic rings. The van der Waals surface area contributed by atoms with Gasteiger partial charge in [-0.25, -0.2) is 18.3 Å². The summed E-state index contributed by atoms with van der Waals surface area (Å²) in [6.45, 7) is 1.37. The van der Waals surface area contributed by atoms with Gasteiger partial charge in [-0.3, -0.25) is 9.59 Å². The highest BCUT2D eigenvalue weighted by Crippen LogP contribution is 2.30. The van der Waals surface area contributed by atoms with Crippen molar-refractivity contribution in [3.05, 3.63) is 82.7 Å². The third-order valence-electron chi connectivity index (χ3n) is 4.44. The predicted octanol–water partition coefficient (Wildman–Crippen LogP) is 3.49. The maximum atomic E-state index is 13.8. The largest absolute Gasteiger partial charge is 0.367 e. The Labute approximate surface area is 163 Å². The van der Waals surface area contributed by atoms with Crippen molar-refractivity contribution in [3.8, 4) is 5.69 Å². The van der Waals surface area contributed by atoms with Crippen LogP contribution in [-0.2, 0) is 4.84 Å². The fourth-order valence-corrected chi connectivity index (χ4v) is 3.14. The van der Waals surface area contributed by atoms with Crippen molar-refractivity contribution < 1.29 is 28.0 Å². The Hall–Kier alpha value is -3.88. The number of aromatic nitrogens is 2. The molecule has 0 radical (unpaired) electrons. The number of hydrogen-bond donors (Lipinski definition) is 0. The number of nitrogens with zero attached hydrogens (tertiary/aromatic N) is 3. The molecule has 0 saturated carbocycles. The van der Waals surface area contributed by atoms with Gasteiger partial charge in [-0.1, -0.05) is 35.4 Å². The molecule has 1 aromatic heterocycles. The van der Waals surface area contributed by atoms with E-state index in [1.807, 2.05) is 0 Å². The highest BCUT2D eigenvalue weighted by molar-refractivity contribution is 6.21. The third-order valence-corrected chi connectivity index (χ3v) is 4.44. The molecule has 0 N–H and O–H groups in total. The number of hydrogen-bond acceptors (Lipinski definition) is 5. The first-order chi connectivity index (χ1) is 13.9. The standard InChI is InChI=1S/C20H13F2N3O4/c1-11-15(16(17(21)22)24(23-11)12-7-3-2-4-8-12)20(28)29-25-18(26)13-9-5-6-10-14(13)19(25)27/h2-10,17H,1H3. The lowest BCUT2D eigenvalue weighted by Crippen LogP contribution is -2.33. The Balaban J connectivity index is 1.71. The Bertz CT molecular complexity index is 1110. The number of benzene rings is 2. The molecule has 2 heterocycles. The molecule has 0 fully saturated rings. The van der Waals surface area contributed by atoms with Crippen LogP contribution in [0.25, 0.3) is 5.69 Å². The fraction of sp³-hybridized carbons (Fsp3) is 0.100. The van der Waals surface area contributed by atoms with Crippen LogP contribution in [0.5, 0.6) is 0 Å². The Morgan fingerprint density at radius 1 is 0.966 bits per heavy atom. The third kappa shape index (κ3) is 2.96. The minimum atomic E-state index is -3.05. The van der Waals surface area contributed by atoms with E-state index in [0.29, 0.717) is 5.69 Å². The van der Waals surface area contributed by atoms with Crippen molar-refractivity contribution in [1.29, 1.82) is 0 Å². The number of aryl methyl sites for hydroxylation is 1. The van der Waals surface area contributed by atoms with Crippen LogP contribution in [0.3, 0.4) is 0 Å². The number of alkyl halides is 2. The second kappa shape index (κ2) is 6.93. The van der Waals surface area contributed by atoms with Gasteiger partial charge in [0.1, 0.15) is 11.3 Å². The normalized spacial score (nSPS) is 13.2. The van der Waals surface area contributed by atoms with E-state index in [4.69, 9.17) is 4.84 Å². The van der Waals surface area contributed by atoms with Gasteiger partial charge in [-0.2, -0.15) is 5.10 Å². The van der Waals surface area contributed by atoms with Gasteiger partial charge in [-0.05, 0) is 31.2 Å². The van der Waals surface area contributed by atoms with Crippen LogP contribution in [0.2, 0.25) is 0 Å². The van der Waals surface area contributed by atoms with Crippen LogP contribution in [-0.4, -0.2) is 32.6 Å². The summed E-state index contributed by atoms with van der Waals surface area (Å²) in [4.78, 5) is 42.3. The second-order valence-electron chi connectivity index (χ2n) is 6.22. The summed E-state index contributed by atoms with van der Waals surface area (Å²) in [6.07, 6.45) is -3.05. The number of carbonyl (C=O) groups excluding carboxylic acids is 3. The van der Waals surface area contributed by atoms with Crippen molar-refractivity contribution in [3.63, 3.8) is 0 Å². The van der Waals surface area contributed by atoms with Crippen LogP contribution in [0, 0.1) is 6.92 Å². The molecular formula is C20H13F2N3O4. The second-order valence-corrected chi connectivity index (χ2v) is 6.22. The number of imide groups is 1. The van der Waals surface area contributed by atoms with E-state index >= 15 is 0 Å². The average Bonchev–Trinajstić information content (AvgIpc) is 3.19. The van der Waals surface area contributed by atoms with Crippen molar-refractivity contribution in [1.82, 2.24) is 14.8 Å².